The number of aliphatic hydroxyl groups is 1. The topological polar surface area (TPSA) is 46.2 Å². The second-order valence-electron chi connectivity index (χ2n) is 2.73. The Balaban J connectivity index is 3.13. The molecule has 0 saturated heterocycles. The highest BCUT2D eigenvalue weighted by Crippen LogP contribution is 2.35. The predicted molar refractivity (Wildman–Crippen MR) is 55.5 cm³/mol. The summed E-state index contributed by atoms with van der Waals surface area (Å²) in [5.41, 5.74) is 6.78. The molecule has 0 aromatic carbocycles. The fourth-order valence-corrected chi connectivity index (χ4v) is 3.18. The molecular formula is C8H12BrNOS. The lowest BCUT2D eigenvalue weighted by atomic mass is 10.1. The van der Waals surface area contributed by atoms with Crippen molar-refractivity contribution in [2.45, 2.75) is 19.9 Å². The van der Waals surface area contributed by atoms with Crippen LogP contribution in [-0.2, 0) is 0 Å². The van der Waals surface area contributed by atoms with Gasteiger partial charge in [-0.2, -0.15) is 0 Å². The van der Waals surface area contributed by atoms with Crippen LogP contribution in [0.4, 0.5) is 0 Å². The summed E-state index contributed by atoms with van der Waals surface area (Å²) in [6.07, 6.45) is 0. The van der Waals surface area contributed by atoms with Gasteiger partial charge in [0, 0.05) is 14.2 Å². The van der Waals surface area contributed by atoms with Gasteiger partial charge in [-0.05, 0) is 35.3 Å². The summed E-state index contributed by atoms with van der Waals surface area (Å²) in [5, 5.41) is 8.91. The van der Waals surface area contributed by atoms with Gasteiger partial charge in [-0.15, -0.1) is 11.3 Å². The normalized spacial score (nSPS) is 13.4. The van der Waals surface area contributed by atoms with Crippen molar-refractivity contribution in [3.63, 3.8) is 0 Å². The Labute approximate surface area is 84.5 Å². The molecule has 68 valence electrons. The SMILES string of the molecule is Cc1sc(C)c(C(N)CO)c1Br. The summed E-state index contributed by atoms with van der Waals surface area (Å²) in [7, 11) is 0. The van der Waals surface area contributed by atoms with E-state index in [4.69, 9.17) is 10.8 Å². The minimum atomic E-state index is -0.260. The molecule has 1 atom stereocenters. The smallest absolute Gasteiger partial charge is 0.0625 e. The van der Waals surface area contributed by atoms with Gasteiger partial charge in [0.2, 0.25) is 0 Å². The number of nitrogens with two attached hydrogens (primary N) is 1. The molecule has 1 aromatic rings. The third kappa shape index (κ3) is 1.71. The van der Waals surface area contributed by atoms with E-state index in [-0.39, 0.29) is 12.6 Å². The molecule has 1 rings (SSSR count). The van der Waals surface area contributed by atoms with E-state index >= 15 is 0 Å². The standard InChI is InChI=1S/C8H12BrNOS/c1-4-7(6(10)3-11)8(9)5(2)12-4/h6,11H,3,10H2,1-2H3. The molecule has 0 aliphatic heterocycles. The maximum atomic E-state index is 8.91. The highest BCUT2D eigenvalue weighted by molar-refractivity contribution is 9.10. The molecular weight excluding hydrogens is 238 g/mol. The highest BCUT2D eigenvalue weighted by Gasteiger charge is 2.16. The average molecular weight is 250 g/mol. The van der Waals surface area contributed by atoms with Crippen molar-refractivity contribution >= 4 is 27.3 Å². The molecule has 0 bridgehead atoms. The number of rotatable bonds is 2. The molecule has 1 heterocycles. The van der Waals surface area contributed by atoms with Gasteiger partial charge >= 0.3 is 0 Å². The van der Waals surface area contributed by atoms with Crippen LogP contribution < -0.4 is 5.73 Å². The molecule has 0 aliphatic rings. The summed E-state index contributed by atoms with van der Waals surface area (Å²) in [5.74, 6) is 0. The minimum Gasteiger partial charge on any atom is -0.394 e. The Morgan fingerprint density at radius 2 is 2.08 bits per heavy atom. The van der Waals surface area contributed by atoms with Crippen LogP contribution in [0.5, 0.6) is 0 Å². The van der Waals surface area contributed by atoms with Gasteiger partial charge in [-0.25, -0.2) is 0 Å². The Kier molecular flexibility index (Phi) is 3.29. The number of hydrogen-bond donors (Lipinski definition) is 2. The number of thiophene rings is 1. The summed E-state index contributed by atoms with van der Waals surface area (Å²) < 4.78 is 1.05. The van der Waals surface area contributed by atoms with Crippen LogP contribution >= 0.6 is 27.3 Å². The molecule has 2 nitrogen and oxygen atoms in total. The maximum Gasteiger partial charge on any atom is 0.0625 e. The van der Waals surface area contributed by atoms with Crippen molar-refractivity contribution in [2.24, 2.45) is 5.73 Å². The van der Waals surface area contributed by atoms with Crippen LogP contribution in [0.2, 0.25) is 0 Å². The maximum absolute atomic E-state index is 8.91. The number of aryl methyl sites for hydroxylation is 2. The number of aliphatic hydroxyl groups excluding tert-OH is 1. The second-order valence-corrected chi connectivity index (χ2v) is 4.95. The Hall–Kier alpha value is 0.100. The van der Waals surface area contributed by atoms with Crippen molar-refractivity contribution in [1.29, 1.82) is 0 Å². The first-order valence-corrected chi connectivity index (χ1v) is 5.30. The van der Waals surface area contributed by atoms with Crippen LogP contribution in [0.25, 0.3) is 0 Å². The van der Waals surface area contributed by atoms with E-state index in [1.165, 1.54) is 9.75 Å². The van der Waals surface area contributed by atoms with E-state index in [1.54, 1.807) is 11.3 Å². The lowest BCUT2D eigenvalue weighted by molar-refractivity contribution is 0.267. The fourth-order valence-electron chi connectivity index (χ4n) is 1.19. The average Bonchev–Trinajstić information content (AvgIpc) is 2.26. The molecule has 4 heteroatoms. The van der Waals surface area contributed by atoms with E-state index in [2.05, 4.69) is 15.9 Å². The van der Waals surface area contributed by atoms with Gasteiger partial charge in [-0.3, -0.25) is 0 Å². The van der Waals surface area contributed by atoms with Crippen LogP contribution in [0.3, 0.4) is 0 Å². The van der Waals surface area contributed by atoms with Crippen LogP contribution in [0.15, 0.2) is 4.47 Å². The van der Waals surface area contributed by atoms with Crippen molar-refractivity contribution in [2.75, 3.05) is 6.61 Å². The molecule has 1 aromatic heterocycles. The zero-order valence-corrected chi connectivity index (χ0v) is 9.50. The monoisotopic (exact) mass is 249 g/mol. The van der Waals surface area contributed by atoms with E-state index in [9.17, 15) is 0 Å². The Morgan fingerprint density at radius 1 is 1.50 bits per heavy atom. The number of hydrogen-bond acceptors (Lipinski definition) is 3. The first-order chi connectivity index (χ1) is 5.57. The van der Waals surface area contributed by atoms with Crippen LogP contribution in [-0.4, -0.2) is 11.7 Å². The van der Waals surface area contributed by atoms with E-state index in [1.807, 2.05) is 13.8 Å². The zero-order valence-electron chi connectivity index (χ0n) is 7.10. The first-order valence-electron chi connectivity index (χ1n) is 3.69. The van der Waals surface area contributed by atoms with Crippen molar-refractivity contribution in [3.8, 4) is 0 Å². The van der Waals surface area contributed by atoms with Crippen molar-refractivity contribution in [3.05, 3.63) is 19.8 Å². The van der Waals surface area contributed by atoms with Gasteiger partial charge < -0.3 is 10.8 Å². The fraction of sp³-hybridized carbons (Fsp3) is 0.500. The number of halogens is 1. The van der Waals surface area contributed by atoms with E-state index < -0.39 is 0 Å². The largest absolute Gasteiger partial charge is 0.394 e. The van der Waals surface area contributed by atoms with Gasteiger partial charge in [0.25, 0.3) is 0 Å². The third-order valence-electron chi connectivity index (χ3n) is 1.80. The highest BCUT2D eigenvalue weighted by atomic mass is 79.9. The Bertz CT molecular complexity index is 285. The summed E-state index contributed by atoms with van der Waals surface area (Å²) in [6, 6.07) is -0.260. The van der Waals surface area contributed by atoms with Gasteiger partial charge in [0.15, 0.2) is 0 Å². The summed E-state index contributed by atoms with van der Waals surface area (Å²) in [4.78, 5) is 2.40. The minimum absolute atomic E-state index is 0.00435. The van der Waals surface area contributed by atoms with Crippen LogP contribution in [0.1, 0.15) is 21.4 Å². The Morgan fingerprint density at radius 3 is 2.42 bits per heavy atom. The van der Waals surface area contributed by atoms with Crippen molar-refractivity contribution in [1.82, 2.24) is 0 Å². The van der Waals surface area contributed by atoms with Gasteiger partial charge in [-0.1, -0.05) is 0 Å². The second kappa shape index (κ2) is 3.87. The van der Waals surface area contributed by atoms with Crippen molar-refractivity contribution < 1.29 is 5.11 Å². The molecule has 0 spiro atoms. The van der Waals surface area contributed by atoms with E-state index in [0.29, 0.717) is 0 Å². The van der Waals surface area contributed by atoms with Crippen LogP contribution in [0, 0.1) is 13.8 Å². The van der Waals surface area contributed by atoms with Gasteiger partial charge in [0.05, 0.1) is 12.6 Å². The predicted octanol–water partition coefficient (Wildman–Crippen LogP) is 2.12. The first kappa shape index (κ1) is 10.2. The van der Waals surface area contributed by atoms with E-state index in [0.717, 1.165) is 10.0 Å². The zero-order chi connectivity index (χ0) is 9.30. The molecule has 12 heavy (non-hydrogen) atoms. The lowest BCUT2D eigenvalue weighted by Crippen LogP contribution is -2.15. The molecule has 1 unspecified atom stereocenters. The molecule has 3 N–H and O–H groups in total. The summed E-state index contributed by atoms with van der Waals surface area (Å²) >= 11 is 5.16. The summed E-state index contributed by atoms with van der Waals surface area (Å²) in [6.45, 7) is 4.05. The molecule has 0 saturated carbocycles. The third-order valence-corrected chi connectivity index (χ3v) is 4.12. The molecule has 0 amide bonds. The molecule has 0 radical (unpaired) electrons. The molecule has 0 fully saturated rings. The lowest BCUT2D eigenvalue weighted by Gasteiger charge is -2.08. The molecule has 0 aliphatic carbocycles. The van der Waals surface area contributed by atoms with Gasteiger partial charge in [0.1, 0.15) is 0 Å². The quantitative estimate of drug-likeness (QED) is 0.844.